The molecular weight excluding hydrogens is 262 g/mol. The second-order valence-corrected chi connectivity index (χ2v) is 4.63. The number of hydrogen-bond acceptors (Lipinski definition) is 4. The van der Waals surface area contributed by atoms with Gasteiger partial charge in [0.1, 0.15) is 18.8 Å². The first-order valence-electron chi connectivity index (χ1n) is 7.21. The standard InChI is InChI=1S/C17H21N3O/c1-3-8-15-16(18-2)19-13-20-17(15)21-12-7-11-14-9-5-4-6-10-14/h4-7,9-11,13H,3,8,12H2,1-2H3,(H,18,19,20)/b11-7+. The van der Waals surface area contributed by atoms with E-state index in [-0.39, 0.29) is 0 Å². The summed E-state index contributed by atoms with van der Waals surface area (Å²) in [5, 5.41) is 3.09. The van der Waals surface area contributed by atoms with Crippen molar-refractivity contribution in [2.45, 2.75) is 19.8 Å². The van der Waals surface area contributed by atoms with Gasteiger partial charge in [0.2, 0.25) is 5.88 Å². The van der Waals surface area contributed by atoms with E-state index in [9.17, 15) is 0 Å². The van der Waals surface area contributed by atoms with E-state index < -0.39 is 0 Å². The molecule has 0 atom stereocenters. The highest BCUT2D eigenvalue weighted by atomic mass is 16.5. The van der Waals surface area contributed by atoms with Crippen molar-refractivity contribution in [2.75, 3.05) is 19.0 Å². The van der Waals surface area contributed by atoms with Gasteiger partial charge in [-0.05, 0) is 18.1 Å². The molecular formula is C17H21N3O. The predicted molar refractivity (Wildman–Crippen MR) is 86.5 cm³/mol. The number of aromatic nitrogens is 2. The molecule has 1 heterocycles. The fourth-order valence-electron chi connectivity index (χ4n) is 2.09. The van der Waals surface area contributed by atoms with E-state index in [1.807, 2.05) is 37.4 Å². The summed E-state index contributed by atoms with van der Waals surface area (Å²) in [6.45, 7) is 2.62. The van der Waals surface area contributed by atoms with Gasteiger partial charge in [0.05, 0.1) is 5.56 Å². The highest BCUT2D eigenvalue weighted by molar-refractivity contribution is 5.50. The lowest BCUT2D eigenvalue weighted by Gasteiger charge is -2.11. The van der Waals surface area contributed by atoms with Gasteiger partial charge in [-0.25, -0.2) is 9.97 Å². The molecule has 1 N–H and O–H groups in total. The van der Waals surface area contributed by atoms with Gasteiger partial charge in [-0.2, -0.15) is 0 Å². The lowest BCUT2D eigenvalue weighted by atomic mass is 10.2. The molecule has 0 saturated heterocycles. The molecule has 0 radical (unpaired) electrons. The van der Waals surface area contributed by atoms with Crippen LogP contribution in [0.4, 0.5) is 5.82 Å². The molecule has 0 fully saturated rings. The minimum Gasteiger partial charge on any atom is -0.473 e. The minimum absolute atomic E-state index is 0.492. The Labute approximate surface area is 125 Å². The van der Waals surface area contributed by atoms with Crippen LogP contribution in [0.25, 0.3) is 6.08 Å². The normalized spacial score (nSPS) is 10.8. The van der Waals surface area contributed by atoms with Crippen LogP contribution < -0.4 is 10.1 Å². The maximum absolute atomic E-state index is 5.78. The average Bonchev–Trinajstić information content (AvgIpc) is 2.54. The number of ether oxygens (including phenoxy) is 1. The van der Waals surface area contributed by atoms with Crippen LogP contribution in [0.3, 0.4) is 0 Å². The number of rotatable bonds is 7. The zero-order chi connectivity index (χ0) is 14.9. The molecule has 1 aromatic heterocycles. The maximum Gasteiger partial charge on any atom is 0.222 e. The molecule has 0 aliphatic rings. The molecule has 0 spiro atoms. The van der Waals surface area contributed by atoms with E-state index in [4.69, 9.17) is 4.74 Å². The Morgan fingerprint density at radius 2 is 2.00 bits per heavy atom. The van der Waals surface area contributed by atoms with E-state index in [1.54, 1.807) is 0 Å². The Hall–Kier alpha value is -2.36. The van der Waals surface area contributed by atoms with Gasteiger partial charge in [0.25, 0.3) is 0 Å². The molecule has 0 saturated carbocycles. The summed E-state index contributed by atoms with van der Waals surface area (Å²) >= 11 is 0. The molecule has 0 unspecified atom stereocenters. The zero-order valence-electron chi connectivity index (χ0n) is 12.5. The van der Waals surface area contributed by atoms with Crippen molar-refractivity contribution >= 4 is 11.9 Å². The van der Waals surface area contributed by atoms with Gasteiger partial charge < -0.3 is 10.1 Å². The zero-order valence-corrected chi connectivity index (χ0v) is 12.5. The Bertz CT molecular complexity index is 582. The van der Waals surface area contributed by atoms with E-state index in [1.165, 1.54) is 6.33 Å². The summed E-state index contributed by atoms with van der Waals surface area (Å²) in [6.07, 6.45) is 7.49. The molecule has 0 bridgehead atoms. The molecule has 0 aliphatic heterocycles. The molecule has 21 heavy (non-hydrogen) atoms. The van der Waals surface area contributed by atoms with Crippen molar-refractivity contribution in [2.24, 2.45) is 0 Å². The molecule has 2 rings (SSSR count). The lowest BCUT2D eigenvalue weighted by molar-refractivity contribution is 0.344. The number of benzene rings is 1. The molecule has 4 heteroatoms. The van der Waals surface area contributed by atoms with Gasteiger partial charge in [0, 0.05) is 7.05 Å². The molecule has 4 nitrogen and oxygen atoms in total. The largest absolute Gasteiger partial charge is 0.473 e. The van der Waals surface area contributed by atoms with Crippen LogP contribution >= 0.6 is 0 Å². The van der Waals surface area contributed by atoms with E-state index >= 15 is 0 Å². The van der Waals surface area contributed by atoms with Gasteiger partial charge in [-0.1, -0.05) is 49.8 Å². The van der Waals surface area contributed by atoms with Crippen molar-refractivity contribution in [3.63, 3.8) is 0 Å². The second-order valence-electron chi connectivity index (χ2n) is 4.63. The molecule has 110 valence electrons. The van der Waals surface area contributed by atoms with Crippen molar-refractivity contribution in [1.82, 2.24) is 9.97 Å². The monoisotopic (exact) mass is 283 g/mol. The van der Waals surface area contributed by atoms with Gasteiger partial charge in [-0.15, -0.1) is 0 Å². The van der Waals surface area contributed by atoms with Gasteiger partial charge >= 0.3 is 0 Å². The fraction of sp³-hybridized carbons (Fsp3) is 0.294. The summed E-state index contributed by atoms with van der Waals surface area (Å²) in [5.41, 5.74) is 2.20. The van der Waals surface area contributed by atoms with Gasteiger partial charge in [0.15, 0.2) is 0 Å². The van der Waals surface area contributed by atoms with Crippen LogP contribution in [0.1, 0.15) is 24.5 Å². The van der Waals surface area contributed by atoms with Crippen LogP contribution in [-0.4, -0.2) is 23.6 Å². The highest BCUT2D eigenvalue weighted by Crippen LogP contribution is 2.23. The number of nitrogens with zero attached hydrogens (tertiary/aromatic N) is 2. The molecule has 2 aromatic rings. The number of hydrogen-bond donors (Lipinski definition) is 1. The quantitative estimate of drug-likeness (QED) is 0.844. The van der Waals surface area contributed by atoms with E-state index in [0.717, 1.165) is 29.8 Å². The minimum atomic E-state index is 0.492. The van der Waals surface area contributed by atoms with Crippen molar-refractivity contribution < 1.29 is 4.74 Å². The maximum atomic E-state index is 5.78. The third kappa shape index (κ3) is 4.31. The Morgan fingerprint density at radius 1 is 1.19 bits per heavy atom. The lowest BCUT2D eigenvalue weighted by Crippen LogP contribution is -2.05. The molecule has 0 aliphatic carbocycles. The number of nitrogens with one attached hydrogen (secondary N) is 1. The van der Waals surface area contributed by atoms with Crippen LogP contribution in [0.5, 0.6) is 5.88 Å². The highest BCUT2D eigenvalue weighted by Gasteiger charge is 2.10. The summed E-state index contributed by atoms with van der Waals surface area (Å²) in [4.78, 5) is 8.48. The van der Waals surface area contributed by atoms with Crippen molar-refractivity contribution in [3.05, 3.63) is 53.9 Å². The fourth-order valence-corrected chi connectivity index (χ4v) is 2.09. The Balaban J connectivity index is 2.01. The average molecular weight is 283 g/mol. The van der Waals surface area contributed by atoms with Crippen LogP contribution in [-0.2, 0) is 6.42 Å². The summed E-state index contributed by atoms with van der Waals surface area (Å²) in [5.74, 6) is 1.50. The molecule has 0 amide bonds. The predicted octanol–water partition coefficient (Wildman–Crippen LogP) is 3.56. The second kappa shape index (κ2) is 8.04. The smallest absolute Gasteiger partial charge is 0.222 e. The number of anilines is 1. The van der Waals surface area contributed by atoms with Crippen LogP contribution in [0, 0.1) is 0 Å². The SMILES string of the molecule is CCCc1c(NC)ncnc1OC/C=C/c1ccccc1. The van der Waals surface area contributed by atoms with Gasteiger partial charge in [-0.3, -0.25) is 0 Å². The van der Waals surface area contributed by atoms with Crippen LogP contribution in [0.15, 0.2) is 42.7 Å². The Morgan fingerprint density at radius 3 is 2.71 bits per heavy atom. The van der Waals surface area contributed by atoms with E-state index in [0.29, 0.717) is 12.5 Å². The first kappa shape index (κ1) is 15.0. The first-order chi connectivity index (χ1) is 10.3. The third-order valence-corrected chi connectivity index (χ3v) is 3.07. The summed E-state index contributed by atoms with van der Waals surface area (Å²) in [6, 6.07) is 10.2. The van der Waals surface area contributed by atoms with Crippen molar-refractivity contribution in [3.8, 4) is 5.88 Å². The van der Waals surface area contributed by atoms with E-state index in [2.05, 4.69) is 34.3 Å². The Kier molecular flexibility index (Phi) is 5.76. The summed E-state index contributed by atoms with van der Waals surface area (Å²) < 4.78 is 5.78. The first-order valence-corrected chi connectivity index (χ1v) is 7.21. The van der Waals surface area contributed by atoms with Crippen LogP contribution in [0.2, 0.25) is 0 Å². The summed E-state index contributed by atoms with van der Waals surface area (Å²) in [7, 11) is 1.86. The molecule has 1 aromatic carbocycles. The van der Waals surface area contributed by atoms with Crippen molar-refractivity contribution in [1.29, 1.82) is 0 Å². The topological polar surface area (TPSA) is 47.0 Å². The third-order valence-electron chi connectivity index (χ3n) is 3.07.